The van der Waals surface area contributed by atoms with E-state index < -0.39 is 17.6 Å². The summed E-state index contributed by atoms with van der Waals surface area (Å²) in [6, 6.07) is 2.91. The van der Waals surface area contributed by atoms with Crippen molar-refractivity contribution < 1.29 is 14.3 Å². The zero-order valence-electron chi connectivity index (χ0n) is 15.3. The lowest BCUT2D eigenvalue weighted by atomic mass is 10.0. The number of hydrogen-bond donors (Lipinski definition) is 1. The summed E-state index contributed by atoms with van der Waals surface area (Å²) >= 11 is 0. The van der Waals surface area contributed by atoms with E-state index >= 15 is 0 Å². The topological polar surface area (TPSA) is 68.3 Å². The molecule has 24 heavy (non-hydrogen) atoms. The minimum atomic E-state index is -0.730. The van der Waals surface area contributed by atoms with Gasteiger partial charge < -0.3 is 10.1 Å². The van der Waals surface area contributed by atoms with Crippen LogP contribution in [0, 0.1) is 5.92 Å². The maximum atomic E-state index is 12.5. The zero-order chi connectivity index (χ0) is 18.3. The van der Waals surface area contributed by atoms with Crippen LogP contribution in [-0.2, 0) is 20.7 Å². The van der Waals surface area contributed by atoms with Crippen LogP contribution in [-0.4, -0.2) is 28.5 Å². The van der Waals surface area contributed by atoms with Crippen LogP contribution in [0.5, 0.6) is 0 Å². The lowest BCUT2D eigenvalue weighted by molar-refractivity contribution is -0.158. The second-order valence-electron chi connectivity index (χ2n) is 7.22. The number of aromatic nitrogens is 1. The smallest absolute Gasteiger partial charge is 0.329 e. The molecule has 1 aromatic rings. The molecule has 0 radical (unpaired) electrons. The Bertz CT molecular complexity index is 576. The van der Waals surface area contributed by atoms with Crippen molar-refractivity contribution in [1.29, 1.82) is 0 Å². The molecule has 5 nitrogen and oxygen atoms in total. The number of rotatable bonds is 7. The van der Waals surface area contributed by atoms with E-state index in [1.165, 1.54) is 0 Å². The van der Waals surface area contributed by atoms with Gasteiger partial charge in [0.25, 0.3) is 0 Å². The Kier molecular flexibility index (Phi) is 7.14. The van der Waals surface area contributed by atoms with E-state index in [2.05, 4.69) is 16.9 Å². The fourth-order valence-electron chi connectivity index (χ4n) is 2.25. The Labute approximate surface area is 144 Å². The summed E-state index contributed by atoms with van der Waals surface area (Å²) in [6.07, 6.45) is 4.27. The first-order chi connectivity index (χ1) is 11.1. The van der Waals surface area contributed by atoms with Gasteiger partial charge in [0.2, 0.25) is 5.91 Å². The summed E-state index contributed by atoms with van der Waals surface area (Å²) in [5.41, 5.74) is 1.23. The fraction of sp³-hybridized carbons (Fsp3) is 0.526. The van der Waals surface area contributed by atoms with Crippen molar-refractivity contribution in [3.8, 4) is 0 Å². The van der Waals surface area contributed by atoms with Crippen molar-refractivity contribution in [1.82, 2.24) is 10.3 Å². The van der Waals surface area contributed by atoms with Gasteiger partial charge in [0.15, 0.2) is 0 Å². The van der Waals surface area contributed by atoms with E-state index in [-0.39, 0.29) is 11.8 Å². The van der Waals surface area contributed by atoms with Crippen LogP contribution in [0.4, 0.5) is 0 Å². The number of amides is 1. The Morgan fingerprint density at radius 3 is 2.38 bits per heavy atom. The molecule has 1 rings (SSSR count). The minimum Gasteiger partial charge on any atom is -0.458 e. The van der Waals surface area contributed by atoms with Gasteiger partial charge in [0.05, 0.1) is 0 Å². The monoisotopic (exact) mass is 332 g/mol. The van der Waals surface area contributed by atoms with Crippen LogP contribution >= 0.6 is 0 Å². The summed E-state index contributed by atoms with van der Waals surface area (Å²) in [5.74, 6) is -0.858. The largest absolute Gasteiger partial charge is 0.458 e. The van der Waals surface area contributed by atoms with Crippen molar-refractivity contribution >= 4 is 11.9 Å². The highest BCUT2D eigenvalue weighted by Gasteiger charge is 2.28. The molecule has 132 valence electrons. The quantitative estimate of drug-likeness (QED) is 0.615. The first kappa shape index (κ1) is 19.9. The van der Waals surface area contributed by atoms with Crippen molar-refractivity contribution in [2.24, 2.45) is 5.92 Å². The van der Waals surface area contributed by atoms with Crippen LogP contribution in [0.3, 0.4) is 0 Å². The summed E-state index contributed by atoms with van der Waals surface area (Å²) in [5, 5.41) is 2.82. The van der Waals surface area contributed by atoms with Gasteiger partial charge in [-0.15, -0.1) is 6.58 Å². The number of ether oxygens (including phenoxy) is 1. The lowest BCUT2D eigenvalue weighted by Gasteiger charge is -2.25. The van der Waals surface area contributed by atoms with Gasteiger partial charge in [-0.25, -0.2) is 4.79 Å². The van der Waals surface area contributed by atoms with E-state index in [0.717, 1.165) is 11.1 Å². The molecule has 1 heterocycles. The number of carbonyl (C=O) groups excluding carboxylic acids is 2. The summed E-state index contributed by atoms with van der Waals surface area (Å²) in [6.45, 7) is 12.9. The first-order valence-electron chi connectivity index (χ1n) is 8.15. The molecule has 2 unspecified atom stereocenters. The molecule has 0 aliphatic heterocycles. The molecule has 5 heteroatoms. The van der Waals surface area contributed by atoms with Gasteiger partial charge in [-0.3, -0.25) is 9.78 Å². The number of allylic oxidation sites excluding steroid dienone is 1. The molecule has 0 aromatic carbocycles. The molecule has 1 N–H and O–H groups in total. The molecular weight excluding hydrogens is 304 g/mol. The molecule has 2 atom stereocenters. The van der Waals surface area contributed by atoms with E-state index in [4.69, 9.17) is 4.74 Å². The molecule has 0 aliphatic carbocycles. The highest BCUT2D eigenvalue weighted by molar-refractivity contribution is 5.86. The highest BCUT2D eigenvalue weighted by Crippen LogP contribution is 2.13. The second kappa shape index (κ2) is 8.62. The predicted octanol–water partition coefficient (Wildman–Crippen LogP) is 3.05. The standard InChI is InChI=1S/C19H28N2O3/c1-13(2)11-14(3)17(22)21-16(18(23)24-19(4,5)6)12-15-7-9-20-10-8-15/h7-10,14,16H,1,11-12H2,2-6H3,(H,21,22). The molecular formula is C19H28N2O3. The average molecular weight is 332 g/mol. The van der Waals surface area contributed by atoms with Crippen molar-refractivity contribution in [3.63, 3.8) is 0 Å². The van der Waals surface area contributed by atoms with Gasteiger partial charge in [-0.1, -0.05) is 12.5 Å². The minimum absolute atomic E-state index is 0.178. The number of carbonyl (C=O) groups is 2. The van der Waals surface area contributed by atoms with Crippen LogP contribution in [0.2, 0.25) is 0 Å². The molecule has 0 saturated heterocycles. The molecule has 0 bridgehead atoms. The van der Waals surface area contributed by atoms with Crippen LogP contribution in [0.15, 0.2) is 36.7 Å². The van der Waals surface area contributed by atoms with Crippen molar-refractivity contribution in [3.05, 3.63) is 42.2 Å². The number of nitrogens with one attached hydrogen (secondary N) is 1. The number of hydrogen-bond acceptors (Lipinski definition) is 4. The Hall–Kier alpha value is -2.17. The molecule has 0 spiro atoms. The van der Waals surface area contributed by atoms with Gasteiger partial charge in [-0.2, -0.15) is 0 Å². The Morgan fingerprint density at radius 1 is 1.29 bits per heavy atom. The molecule has 0 aliphatic rings. The van der Waals surface area contributed by atoms with Gasteiger partial charge in [0, 0.05) is 24.7 Å². The van der Waals surface area contributed by atoms with Gasteiger partial charge >= 0.3 is 5.97 Å². The molecule has 1 aromatic heterocycles. The Morgan fingerprint density at radius 2 is 1.88 bits per heavy atom. The van der Waals surface area contributed by atoms with E-state index in [1.807, 2.05) is 26.0 Å². The van der Waals surface area contributed by atoms with Crippen molar-refractivity contribution in [2.45, 2.75) is 59.1 Å². The van der Waals surface area contributed by atoms with E-state index in [9.17, 15) is 9.59 Å². The summed E-state index contributed by atoms with van der Waals surface area (Å²) in [4.78, 5) is 28.8. The predicted molar refractivity (Wildman–Crippen MR) is 94.3 cm³/mol. The SMILES string of the molecule is C=C(C)CC(C)C(=O)NC(Cc1ccncc1)C(=O)OC(C)(C)C. The third kappa shape index (κ3) is 7.40. The van der Waals surface area contributed by atoms with Crippen LogP contribution in [0.1, 0.15) is 46.6 Å². The number of nitrogens with zero attached hydrogens (tertiary/aromatic N) is 1. The van der Waals surface area contributed by atoms with Gasteiger partial charge in [-0.05, 0) is 51.8 Å². The Balaban J connectivity index is 2.86. The van der Waals surface area contributed by atoms with E-state index in [0.29, 0.717) is 12.8 Å². The van der Waals surface area contributed by atoms with Crippen molar-refractivity contribution in [2.75, 3.05) is 0 Å². The fourth-order valence-corrected chi connectivity index (χ4v) is 2.25. The lowest BCUT2D eigenvalue weighted by Crippen LogP contribution is -2.47. The number of pyridine rings is 1. The third-order valence-electron chi connectivity index (χ3n) is 3.30. The number of esters is 1. The molecule has 0 fully saturated rings. The zero-order valence-corrected chi connectivity index (χ0v) is 15.3. The first-order valence-corrected chi connectivity index (χ1v) is 8.15. The summed E-state index contributed by atoms with van der Waals surface area (Å²) < 4.78 is 5.45. The van der Waals surface area contributed by atoms with Gasteiger partial charge in [0.1, 0.15) is 11.6 Å². The third-order valence-corrected chi connectivity index (χ3v) is 3.30. The normalized spacial score (nSPS) is 13.7. The molecule has 0 saturated carbocycles. The average Bonchev–Trinajstić information content (AvgIpc) is 2.45. The van der Waals surface area contributed by atoms with Crippen LogP contribution in [0.25, 0.3) is 0 Å². The molecule has 1 amide bonds. The maximum absolute atomic E-state index is 12.5. The second-order valence-corrected chi connectivity index (χ2v) is 7.22. The highest BCUT2D eigenvalue weighted by atomic mass is 16.6. The maximum Gasteiger partial charge on any atom is 0.329 e. The summed E-state index contributed by atoms with van der Waals surface area (Å²) in [7, 11) is 0. The van der Waals surface area contributed by atoms with Crippen LogP contribution < -0.4 is 5.32 Å². The van der Waals surface area contributed by atoms with E-state index in [1.54, 1.807) is 33.2 Å².